The van der Waals surface area contributed by atoms with E-state index in [9.17, 15) is 4.79 Å². The molecule has 138 valence electrons. The Labute approximate surface area is 140 Å². The van der Waals surface area contributed by atoms with Crippen molar-refractivity contribution in [2.24, 2.45) is 11.1 Å². The molecule has 0 radical (unpaired) electrons. The maximum Gasteiger partial charge on any atom is 0.233 e. The fraction of sp³-hybridized carbons (Fsp3) is 0.938. The molecule has 0 aliphatic rings. The summed E-state index contributed by atoms with van der Waals surface area (Å²) in [5, 5.41) is 2.62. The molecule has 23 heavy (non-hydrogen) atoms. The number of carbonyl (C=O) groups excluding carboxylic acids is 1. The van der Waals surface area contributed by atoms with Crippen molar-refractivity contribution in [2.75, 3.05) is 65.9 Å². The van der Waals surface area contributed by atoms with Crippen molar-refractivity contribution in [1.29, 1.82) is 0 Å². The molecule has 0 fully saturated rings. The molecule has 0 bridgehead atoms. The second-order valence-corrected chi connectivity index (χ2v) is 6.31. The van der Waals surface area contributed by atoms with E-state index in [-0.39, 0.29) is 12.5 Å². The molecule has 0 saturated heterocycles. The summed E-state index contributed by atoms with van der Waals surface area (Å²) in [5.74, 6) is -0.176. The van der Waals surface area contributed by atoms with Gasteiger partial charge in [0.15, 0.2) is 0 Å². The standard InChI is InChI=1S/C16H34N2O5/c1-16(2,3)4-6-20-8-10-22-12-13-23-11-9-21-7-5-18-15(19)14-17/h4-14,17H2,1-3H3,(H,18,19). The number of carbonyl (C=O) groups is 1. The van der Waals surface area contributed by atoms with E-state index in [1.807, 2.05) is 0 Å². The zero-order valence-corrected chi connectivity index (χ0v) is 14.9. The van der Waals surface area contributed by atoms with Crippen LogP contribution in [0.15, 0.2) is 0 Å². The van der Waals surface area contributed by atoms with Crippen LogP contribution >= 0.6 is 0 Å². The molecule has 3 N–H and O–H groups in total. The normalized spacial score (nSPS) is 11.7. The van der Waals surface area contributed by atoms with Crippen LogP contribution in [0.3, 0.4) is 0 Å². The maximum absolute atomic E-state index is 10.8. The van der Waals surface area contributed by atoms with E-state index in [4.69, 9.17) is 24.7 Å². The van der Waals surface area contributed by atoms with Crippen molar-refractivity contribution in [2.45, 2.75) is 27.2 Å². The average Bonchev–Trinajstić information content (AvgIpc) is 2.49. The van der Waals surface area contributed by atoms with Crippen molar-refractivity contribution in [1.82, 2.24) is 5.32 Å². The summed E-state index contributed by atoms with van der Waals surface area (Å²) in [5.41, 5.74) is 5.46. The highest BCUT2D eigenvalue weighted by Gasteiger charge is 2.08. The monoisotopic (exact) mass is 334 g/mol. The van der Waals surface area contributed by atoms with Crippen LogP contribution in [0, 0.1) is 5.41 Å². The van der Waals surface area contributed by atoms with Crippen molar-refractivity contribution < 1.29 is 23.7 Å². The van der Waals surface area contributed by atoms with E-state index < -0.39 is 0 Å². The Morgan fingerprint density at radius 1 is 0.826 bits per heavy atom. The second kappa shape index (κ2) is 14.8. The van der Waals surface area contributed by atoms with Gasteiger partial charge < -0.3 is 30.0 Å². The van der Waals surface area contributed by atoms with Gasteiger partial charge in [0, 0.05) is 13.2 Å². The van der Waals surface area contributed by atoms with E-state index in [0.29, 0.717) is 58.2 Å². The van der Waals surface area contributed by atoms with Crippen LogP contribution in [-0.4, -0.2) is 71.9 Å². The predicted octanol–water partition coefficient (Wildman–Crippen LogP) is 0.564. The molecule has 0 atom stereocenters. The van der Waals surface area contributed by atoms with Gasteiger partial charge in [-0.15, -0.1) is 0 Å². The summed E-state index contributed by atoms with van der Waals surface area (Å²) >= 11 is 0. The van der Waals surface area contributed by atoms with Gasteiger partial charge in [-0.25, -0.2) is 0 Å². The molecular weight excluding hydrogens is 300 g/mol. The fourth-order valence-corrected chi connectivity index (χ4v) is 1.47. The van der Waals surface area contributed by atoms with Gasteiger partial charge in [-0.05, 0) is 11.8 Å². The largest absolute Gasteiger partial charge is 0.379 e. The van der Waals surface area contributed by atoms with Crippen LogP contribution in [0.4, 0.5) is 0 Å². The smallest absolute Gasteiger partial charge is 0.233 e. The van der Waals surface area contributed by atoms with Gasteiger partial charge in [0.1, 0.15) is 0 Å². The van der Waals surface area contributed by atoms with E-state index in [0.717, 1.165) is 13.0 Å². The highest BCUT2D eigenvalue weighted by atomic mass is 16.6. The topological polar surface area (TPSA) is 92.0 Å². The first kappa shape index (κ1) is 22.3. The molecule has 1 amide bonds. The molecule has 0 spiro atoms. The zero-order valence-electron chi connectivity index (χ0n) is 14.9. The first-order valence-corrected chi connectivity index (χ1v) is 8.23. The lowest BCUT2D eigenvalue weighted by Gasteiger charge is -2.17. The number of rotatable bonds is 15. The minimum absolute atomic E-state index is 0.00470. The van der Waals surface area contributed by atoms with Crippen molar-refractivity contribution in [3.8, 4) is 0 Å². The average molecular weight is 334 g/mol. The summed E-state index contributed by atoms with van der Waals surface area (Å²) in [6.45, 7) is 11.6. The molecule has 0 aliphatic carbocycles. The summed E-state index contributed by atoms with van der Waals surface area (Å²) in [7, 11) is 0. The molecule has 0 saturated carbocycles. The number of hydrogen-bond acceptors (Lipinski definition) is 6. The summed E-state index contributed by atoms with van der Waals surface area (Å²) in [6, 6.07) is 0. The number of nitrogens with two attached hydrogens (primary N) is 1. The highest BCUT2D eigenvalue weighted by Crippen LogP contribution is 2.17. The van der Waals surface area contributed by atoms with Crippen LogP contribution < -0.4 is 11.1 Å². The van der Waals surface area contributed by atoms with Gasteiger partial charge >= 0.3 is 0 Å². The van der Waals surface area contributed by atoms with Gasteiger partial charge in [0.25, 0.3) is 0 Å². The minimum Gasteiger partial charge on any atom is -0.379 e. The van der Waals surface area contributed by atoms with E-state index in [2.05, 4.69) is 26.1 Å². The first-order valence-electron chi connectivity index (χ1n) is 8.23. The molecule has 0 rings (SSSR count). The van der Waals surface area contributed by atoms with E-state index in [1.165, 1.54) is 0 Å². The van der Waals surface area contributed by atoms with Gasteiger partial charge in [-0.2, -0.15) is 0 Å². The van der Waals surface area contributed by atoms with Crippen molar-refractivity contribution >= 4 is 5.91 Å². The van der Waals surface area contributed by atoms with Gasteiger partial charge in [-0.1, -0.05) is 20.8 Å². The first-order chi connectivity index (χ1) is 11.0. The molecule has 0 aromatic heterocycles. The van der Waals surface area contributed by atoms with Gasteiger partial charge in [-0.3, -0.25) is 4.79 Å². The number of ether oxygens (including phenoxy) is 4. The molecule has 0 aliphatic heterocycles. The van der Waals surface area contributed by atoms with Crippen LogP contribution in [-0.2, 0) is 23.7 Å². The molecule has 0 aromatic rings. The maximum atomic E-state index is 10.8. The Morgan fingerprint density at radius 2 is 1.26 bits per heavy atom. The Kier molecular flexibility index (Phi) is 14.4. The molecular formula is C16H34N2O5. The van der Waals surface area contributed by atoms with Gasteiger partial charge in [0.05, 0.1) is 52.8 Å². The molecule has 7 nitrogen and oxygen atoms in total. The predicted molar refractivity (Wildman–Crippen MR) is 89.4 cm³/mol. The Bertz CT molecular complexity index is 282. The van der Waals surface area contributed by atoms with Crippen molar-refractivity contribution in [3.05, 3.63) is 0 Å². The summed E-state index contributed by atoms with van der Waals surface area (Å²) in [4.78, 5) is 10.8. The Morgan fingerprint density at radius 3 is 1.70 bits per heavy atom. The molecule has 0 unspecified atom stereocenters. The zero-order chi connectivity index (χ0) is 17.4. The molecule has 0 heterocycles. The lowest BCUT2D eigenvalue weighted by molar-refractivity contribution is -0.120. The third-order valence-corrected chi connectivity index (χ3v) is 2.87. The SMILES string of the molecule is CC(C)(C)CCOCCOCCOCCOCCNC(=O)CN. The van der Waals surface area contributed by atoms with Crippen LogP contribution in [0.2, 0.25) is 0 Å². The summed E-state index contributed by atoms with van der Waals surface area (Å²) in [6.07, 6.45) is 1.05. The number of hydrogen-bond donors (Lipinski definition) is 2. The lowest BCUT2D eigenvalue weighted by Crippen LogP contribution is -2.32. The van der Waals surface area contributed by atoms with Crippen LogP contribution in [0.1, 0.15) is 27.2 Å². The van der Waals surface area contributed by atoms with E-state index >= 15 is 0 Å². The third kappa shape index (κ3) is 19.2. The summed E-state index contributed by atoms with van der Waals surface area (Å²) < 4.78 is 21.5. The van der Waals surface area contributed by atoms with Crippen LogP contribution in [0.5, 0.6) is 0 Å². The fourth-order valence-electron chi connectivity index (χ4n) is 1.47. The molecule has 7 heteroatoms. The van der Waals surface area contributed by atoms with Crippen LogP contribution in [0.25, 0.3) is 0 Å². The van der Waals surface area contributed by atoms with Gasteiger partial charge in [0.2, 0.25) is 5.91 Å². The van der Waals surface area contributed by atoms with Crippen molar-refractivity contribution in [3.63, 3.8) is 0 Å². The third-order valence-electron chi connectivity index (χ3n) is 2.87. The second-order valence-electron chi connectivity index (χ2n) is 6.31. The lowest BCUT2D eigenvalue weighted by atomic mass is 9.93. The number of amides is 1. The Balaban J connectivity index is 3.07. The minimum atomic E-state index is -0.176. The highest BCUT2D eigenvalue weighted by molar-refractivity contribution is 5.77. The van der Waals surface area contributed by atoms with E-state index in [1.54, 1.807) is 0 Å². The number of nitrogens with one attached hydrogen (secondary N) is 1. The quantitative estimate of drug-likeness (QED) is 0.425. The Hall–Kier alpha value is -0.730. The molecule has 0 aromatic carbocycles.